The van der Waals surface area contributed by atoms with E-state index in [1.807, 2.05) is 12.3 Å². The summed E-state index contributed by atoms with van der Waals surface area (Å²) in [5.41, 5.74) is 1.15. The zero-order chi connectivity index (χ0) is 15.6. The van der Waals surface area contributed by atoms with E-state index in [-0.39, 0.29) is 11.3 Å². The molecule has 1 saturated carbocycles. The van der Waals surface area contributed by atoms with E-state index in [0.717, 1.165) is 23.8 Å². The fraction of sp³-hybridized carbons (Fsp3) is 0.733. The number of hydrogen-bond donors (Lipinski definition) is 1. The number of thiazole rings is 1. The molecule has 5 nitrogen and oxygen atoms in total. The van der Waals surface area contributed by atoms with Gasteiger partial charge in [0.15, 0.2) is 5.13 Å². The van der Waals surface area contributed by atoms with Crippen LogP contribution in [-0.4, -0.2) is 36.7 Å². The molecule has 2 atom stereocenters. The molecular formula is C15H25N3O2S. The molecular weight excluding hydrogens is 286 g/mol. The van der Waals surface area contributed by atoms with Gasteiger partial charge in [0.1, 0.15) is 0 Å². The summed E-state index contributed by atoms with van der Waals surface area (Å²) in [6.45, 7) is 9.37. The highest BCUT2D eigenvalue weighted by molar-refractivity contribution is 7.14. The van der Waals surface area contributed by atoms with E-state index in [1.165, 1.54) is 11.3 Å². The average molecular weight is 311 g/mol. The number of carbonyl (C=O) groups is 1. The first-order valence-corrected chi connectivity index (χ1v) is 8.26. The Balaban J connectivity index is 1.91. The molecule has 1 aromatic heterocycles. The monoisotopic (exact) mass is 311 g/mol. The van der Waals surface area contributed by atoms with Crippen LogP contribution in [0, 0.1) is 5.41 Å². The second-order valence-corrected chi connectivity index (χ2v) is 6.94. The molecule has 0 aliphatic heterocycles. The van der Waals surface area contributed by atoms with E-state index in [9.17, 15) is 4.79 Å². The standard InChI is InChI=1S/C15H25N3O2S/c1-6-18(10(2)19)14-17-11(9-21-14)8-16-12-7-13(20-5)15(12,3)4/h9,12-13,16H,6-8H2,1-5H3. The topological polar surface area (TPSA) is 54.5 Å². The quantitative estimate of drug-likeness (QED) is 0.876. The van der Waals surface area contributed by atoms with Crippen molar-refractivity contribution in [3.8, 4) is 0 Å². The predicted molar refractivity (Wildman–Crippen MR) is 85.6 cm³/mol. The molecule has 1 aliphatic carbocycles. The van der Waals surface area contributed by atoms with Crippen molar-refractivity contribution >= 4 is 22.4 Å². The molecule has 1 heterocycles. The lowest BCUT2D eigenvalue weighted by Crippen LogP contribution is -2.60. The molecule has 1 N–H and O–H groups in total. The highest BCUT2D eigenvalue weighted by atomic mass is 32.1. The Morgan fingerprint density at radius 3 is 2.86 bits per heavy atom. The summed E-state index contributed by atoms with van der Waals surface area (Å²) in [5.74, 6) is 0.0365. The number of aromatic nitrogens is 1. The predicted octanol–water partition coefficient (Wildman–Crippen LogP) is 2.42. The summed E-state index contributed by atoms with van der Waals surface area (Å²) in [7, 11) is 1.77. The van der Waals surface area contributed by atoms with Crippen LogP contribution in [0.25, 0.3) is 0 Å². The van der Waals surface area contributed by atoms with E-state index in [4.69, 9.17) is 4.74 Å². The maximum absolute atomic E-state index is 11.5. The van der Waals surface area contributed by atoms with Crippen molar-refractivity contribution in [1.29, 1.82) is 0 Å². The lowest BCUT2D eigenvalue weighted by molar-refractivity contribution is -0.116. The van der Waals surface area contributed by atoms with Gasteiger partial charge in [-0.1, -0.05) is 13.8 Å². The summed E-state index contributed by atoms with van der Waals surface area (Å²) in [4.78, 5) is 17.8. The molecule has 0 aromatic carbocycles. The van der Waals surface area contributed by atoms with Crippen LogP contribution in [-0.2, 0) is 16.1 Å². The maximum Gasteiger partial charge on any atom is 0.225 e. The van der Waals surface area contributed by atoms with E-state index in [2.05, 4.69) is 24.1 Å². The summed E-state index contributed by atoms with van der Waals surface area (Å²) in [5, 5.41) is 6.35. The number of nitrogens with zero attached hydrogens (tertiary/aromatic N) is 2. The van der Waals surface area contributed by atoms with E-state index < -0.39 is 0 Å². The lowest BCUT2D eigenvalue weighted by Gasteiger charge is -2.51. The summed E-state index contributed by atoms with van der Waals surface area (Å²) in [6.07, 6.45) is 1.36. The van der Waals surface area contributed by atoms with Gasteiger partial charge >= 0.3 is 0 Å². The number of carbonyl (C=O) groups excluding carboxylic acids is 1. The Kier molecular flexibility index (Phi) is 5.01. The first-order valence-electron chi connectivity index (χ1n) is 7.38. The van der Waals surface area contributed by atoms with Crippen molar-refractivity contribution in [3.05, 3.63) is 11.1 Å². The van der Waals surface area contributed by atoms with Gasteiger partial charge in [-0.05, 0) is 13.3 Å². The number of nitrogens with one attached hydrogen (secondary N) is 1. The normalized spacial score (nSPS) is 23.7. The molecule has 1 aromatic rings. The Bertz CT molecular complexity index is 501. The van der Waals surface area contributed by atoms with Gasteiger partial charge in [0.05, 0.1) is 11.8 Å². The van der Waals surface area contributed by atoms with Gasteiger partial charge in [-0.25, -0.2) is 4.98 Å². The van der Waals surface area contributed by atoms with Gasteiger partial charge in [0.25, 0.3) is 0 Å². The fourth-order valence-electron chi connectivity index (χ4n) is 2.85. The fourth-order valence-corrected chi connectivity index (χ4v) is 3.79. The molecule has 1 fully saturated rings. The lowest BCUT2D eigenvalue weighted by atomic mass is 9.64. The minimum atomic E-state index is 0.0365. The molecule has 2 unspecified atom stereocenters. The Hall–Kier alpha value is -0.980. The second kappa shape index (κ2) is 6.42. The molecule has 0 spiro atoms. The molecule has 118 valence electrons. The van der Waals surface area contributed by atoms with E-state index in [1.54, 1.807) is 18.9 Å². The van der Waals surface area contributed by atoms with Crippen LogP contribution < -0.4 is 10.2 Å². The van der Waals surface area contributed by atoms with Crippen LogP contribution in [0.1, 0.15) is 39.8 Å². The number of anilines is 1. The zero-order valence-corrected chi connectivity index (χ0v) is 14.3. The molecule has 6 heteroatoms. The minimum absolute atomic E-state index is 0.0365. The molecule has 1 aliphatic rings. The van der Waals surface area contributed by atoms with Crippen molar-refractivity contribution in [3.63, 3.8) is 0 Å². The van der Waals surface area contributed by atoms with Gasteiger partial charge in [-0.2, -0.15) is 0 Å². The van der Waals surface area contributed by atoms with Gasteiger partial charge in [-0.15, -0.1) is 11.3 Å². The van der Waals surface area contributed by atoms with Crippen molar-refractivity contribution in [2.24, 2.45) is 5.41 Å². The number of ether oxygens (including phenoxy) is 1. The van der Waals surface area contributed by atoms with Crippen LogP contribution in [0.2, 0.25) is 0 Å². The first kappa shape index (κ1) is 16.4. The molecule has 0 radical (unpaired) electrons. The maximum atomic E-state index is 11.5. The third-order valence-electron chi connectivity index (χ3n) is 4.46. The molecule has 0 bridgehead atoms. The van der Waals surface area contributed by atoms with Crippen molar-refractivity contribution in [2.45, 2.75) is 52.8 Å². The third-order valence-corrected chi connectivity index (χ3v) is 5.37. The molecule has 21 heavy (non-hydrogen) atoms. The largest absolute Gasteiger partial charge is 0.381 e. The summed E-state index contributed by atoms with van der Waals surface area (Å²) < 4.78 is 5.46. The minimum Gasteiger partial charge on any atom is -0.381 e. The van der Waals surface area contributed by atoms with Crippen LogP contribution in [0.15, 0.2) is 5.38 Å². The highest BCUT2D eigenvalue weighted by Gasteiger charge is 2.48. The van der Waals surface area contributed by atoms with Crippen molar-refractivity contribution in [1.82, 2.24) is 10.3 Å². The Morgan fingerprint density at radius 1 is 1.62 bits per heavy atom. The average Bonchev–Trinajstić information content (AvgIpc) is 2.86. The smallest absolute Gasteiger partial charge is 0.225 e. The molecule has 2 rings (SSSR count). The number of methoxy groups -OCH3 is 1. The summed E-state index contributed by atoms with van der Waals surface area (Å²) in [6, 6.07) is 0.447. The molecule has 0 saturated heterocycles. The SMILES string of the molecule is CCN(C(C)=O)c1nc(CNC2CC(OC)C2(C)C)cs1. The Morgan fingerprint density at radius 2 is 2.33 bits per heavy atom. The summed E-state index contributed by atoms with van der Waals surface area (Å²) >= 11 is 1.52. The van der Waals surface area contributed by atoms with E-state index in [0.29, 0.717) is 18.7 Å². The van der Waals surface area contributed by atoms with Gasteiger partial charge in [-0.3, -0.25) is 9.69 Å². The molecule has 1 amide bonds. The van der Waals surface area contributed by atoms with E-state index >= 15 is 0 Å². The van der Waals surface area contributed by atoms with Gasteiger partial charge in [0, 0.05) is 44.0 Å². The van der Waals surface area contributed by atoms with Crippen LogP contribution >= 0.6 is 11.3 Å². The van der Waals surface area contributed by atoms with Crippen LogP contribution in [0.5, 0.6) is 0 Å². The number of hydrogen-bond acceptors (Lipinski definition) is 5. The zero-order valence-electron chi connectivity index (χ0n) is 13.5. The van der Waals surface area contributed by atoms with Gasteiger partial charge in [0.2, 0.25) is 5.91 Å². The van der Waals surface area contributed by atoms with Crippen molar-refractivity contribution < 1.29 is 9.53 Å². The Labute approximate surface area is 130 Å². The van der Waals surface area contributed by atoms with Crippen LogP contribution in [0.4, 0.5) is 5.13 Å². The first-order chi connectivity index (χ1) is 9.90. The van der Waals surface area contributed by atoms with Crippen molar-refractivity contribution in [2.75, 3.05) is 18.6 Å². The number of amides is 1. The second-order valence-electron chi connectivity index (χ2n) is 6.10. The highest BCUT2D eigenvalue weighted by Crippen LogP contribution is 2.42. The number of rotatable bonds is 6. The van der Waals surface area contributed by atoms with Crippen LogP contribution in [0.3, 0.4) is 0 Å². The van der Waals surface area contributed by atoms with Gasteiger partial charge < -0.3 is 10.1 Å². The third kappa shape index (κ3) is 3.27.